The van der Waals surface area contributed by atoms with Gasteiger partial charge in [0.15, 0.2) is 0 Å². The summed E-state index contributed by atoms with van der Waals surface area (Å²) in [5, 5.41) is 18.4. The SMILES string of the molecule is CC1CNC(C)CNC(C)CNC2CCCCC2NCCN1. The Morgan fingerprint density at radius 2 is 1.00 bits per heavy atom. The monoisotopic (exact) mass is 311 g/mol. The topological polar surface area (TPSA) is 60.1 Å². The molecule has 5 heteroatoms. The standard InChI is InChI=1S/C17H37N5/c1-13-10-20-14(2)11-21-15(3)12-22-17-7-5-4-6-16(17)19-9-8-18-13/h13-22H,4-12H2,1-3H3. The van der Waals surface area contributed by atoms with E-state index in [1.54, 1.807) is 0 Å². The third-order valence-corrected chi connectivity index (χ3v) is 5.02. The van der Waals surface area contributed by atoms with Crippen molar-refractivity contribution in [3.8, 4) is 0 Å². The van der Waals surface area contributed by atoms with E-state index in [0.717, 1.165) is 32.7 Å². The lowest BCUT2D eigenvalue weighted by molar-refractivity contribution is 0.277. The van der Waals surface area contributed by atoms with E-state index in [4.69, 9.17) is 0 Å². The van der Waals surface area contributed by atoms with Crippen LogP contribution in [0.4, 0.5) is 0 Å². The van der Waals surface area contributed by atoms with Gasteiger partial charge < -0.3 is 26.6 Å². The first kappa shape index (κ1) is 18.1. The Labute approximate surface area is 136 Å². The minimum absolute atomic E-state index is 0.511. The summed E-state index contributed by atoms with van der Waals surface area (Å²) in [6.07, 6.45) is 5.36. The van der Waals surface area contributed by atoms with Gasteiger partial charge in [-0.05, 0) is 33.6 Å². The maximum atomic E-state index is 3.80. The van der Waals surface area contributed by atoms with Crippen LogP contribution in [0.3, 0.4) is 0 Å². The Morgan fingerprint density at radius 1 is 0.545 bits per heavy atom. The molecule has 5 atom stereocenters. The van der Waals surface area contributed by atoms with Crippen LogP contribution in [0.25, 0.3) is 0 Å². The van der Waals surface area contributed by atoms with Crippen molar-refractivity contribution in [1.29, 1.82) is 0 Å². The first-order valence-corrected chi connectivity index (χ1v) is 9.32. The van der Waals surface area contributed by atoms with E-state index in [9.17, 15) is 0 Å². The molecule has 1 aliphatic carbocycles. The quantitative estimate of drug-likeness (QED) is 0.449. The second-order valence-electron chi connectivity index (χ2n) is 7.33. The molecule has 2 aliphatic rings. The average Bonchev–Trinajstić information content (AvgIpc) is 2.53. The molecular formula is C17H37N5. The minimum Gasteiger partial charge on any atom is -0.312 e. The molecule has 130 valence electrons. The molecule has 1 heterocycles. The highest BCUT2D eigenvalue weighted by Crippen LogP contribution is 2.18. The fourth-order valence-corrected chi connectivity index (χ4v) is 3.50. The summed E-state index contributed by atoms with van der Waals surface area (Å²) in [6.45, 7) is 12.0. The summed E-state index contributed by atoms with van der Waals surface area (Å²) in [5.41, 5.74) is 0. The van der Waals surface area contributed by atoms with Crippen LogP contribution < -0.4 is 26.6 Å². The van der Waals surface area contributed by atoms with E-state index in [0.29, 0.717) is 30.2 Å². The minimum atomic E-state index is 0.511. The normalized spacial score (nSPS) is 40.2. The summed E-state index contributed by atoms with van der Waals surface area (Å²) < 4.78 is 0. The maximum Gasteiger partial charge on any atom is 0.0221 e. The van der Waals surface area contributed by atoms with Crippen molar-refractivity contribution in [3.05, 3.63) is 0 Å². The number of nitrogens with one attached hydrogen (secondary N) is 5. The molecule has 1 aliphatic heterocycles. The molecule has 1 saturated carbocycles. The van der Waals surface area contributed by atoms with Crippen LogP contribution in [0.2, 0.25) is 0 Å². The van der Waals surface area contributed by atoms with Gasteiger partial charge in [-0.15, -0.1) is 0 Å². The van der Waals surface area contributed by atoms with Crippen molar-refractivity contribution in [2.45, 2.75) is 76.7 Å². The van der Waals surface area contributed by atoms with E-state index >= 15 is 0 Å². The Bertz CT molecular complexity index is 299. The molecule has 0 radical (unpaired) electrons. The van der Waals surface area contributed by atoms with Crippen LogP contribution in [0.1, 0.15) is 46.5 Å². The zero-order valence-electron chi connectivity index (χ0n) is 14.8. The fourth-order valence-electron chi connectivity index (χ4n) is 3.50. The molecule has 0 aromatic heterocycles. The van der Waals surface area contributed by atoms with Crippen LogP contribution in [0, 0.1) is 0 Å². The lowest BCUT2D eigenvalue weighted by atomic mass is 9.90. The highest BCUT2D eigenvalue weighted by molar-refractivity contribution is 4.87. The van der Waals surface area contributed by atoms with Gasteiger partial charge >= 0.3 is 0 Å². The predicted molar refractivity (Wildman–Crippen MR) is 94.4 cm³/mol. The van der Waals surface area contributed by atoms with E-state index in [1.807, 2.05) is 0 Å². The zero-order valence-corrected chi connectivity index (χ0v) is 14.8. The van der Waals surface area contributed by atoms with E-state index < -0.39 is 0 Å². The zero-order chi connectivity index (χ0) is 15.8. The van der Waals surface area contributed by atoms with Crippen molar-refractivity contribution in [2.24, 2.45) is 0 Å². The van der Waals surface area contributed by atoms with Crippen LogP contribution >= 0.6 is 0 Å². The van der Waals surface area contributed by atoms with Crippen molar-refractivity contribution in [2.75, 3.05) is 32.7 Å². The van der Waals surface area contributed by atoms with Crippen molar-refractivity contribution < 1.29 is 0 Å². The largest absolute Gasteiger partial charge is 0.312 e. The summed E-state index contributed by atoms with van der Waals surface area (Å²) in [6, 6.07) is 2.83. The third-order valence-electron chi connectivity index (χ3n) is 5.02. The van der Waals surface area contributed by atoms with E-state index in [-0.39, 0.29) is 0 Å². The smallest absolute Gasteiger partial charge is 0.0221 e. The van der Waals surface area contributed by atoms with Gasteiger partial charge in [0, 0.05) is 62.9 Å². The summed E-state index contributed by atoms with van der Waals surface area (Å²) in [7, 11) is 0. The lowest BCUT2D eigenvalue weighted by Gasteiger charge is -2.34. The molecule has 5 N–H and O–H groups in total. The van der Waals surface area contributed by atoms with E-state index in [1.165, 1.54) is 25.7 Å². The molecule has 0 bridgehead atoms. The summed E-state index contributed by atoms with van der Waals surface area (Å²) in [5.74, 6) is 0. The molecule has 2 fully saturated rings. The van der Waals surface area contributed by atoms with Gasteiger partial charge in [-0.3, -0.25) is 0 Å². The van der Waals surface area contributed by atoms with Gasteiger partial charge in [-0.25, -0.2) is 0 Å². The highest BCUT2D eigenvalue weighted by atomic mass is 15.1. The van der Waals surface area contributed by atoms with E-state index in [2.05, 4.69) is 47.4 Å². The molecule has 0 aromatic rings. The van der Waals surface area contributed by atoms with Crippen molar-refractivity contribution in [3.63, 3.8) is 0 Å². The Hall–Kier alpha value is -0.200. The number of hydrogen-bond donors (Lipinski definition) is 5. The Kier molecular flexibility index (Phi) is 8.11. The maximum absolute atomic E-state index is 3.80. The number of fused-ring (bicyclic) bond motifs is 1. The van der Waals surface area contributed by atoms with Gasteiger partial charge in [-0.2, -0.15) is 0 Å². The number of rotatable bonds is 0. The van der Waals surface area contributed by atoms with Crippen LogP contribution in [0.15, 0.2) is 0 Å². The fraction of sp³-hybridized carbons (Fsp3) is 1.00. The van der Waals surface area contributed by atoms with Crippen LogP contribution in [-0.2, 0) is 0 Å². The molecule has 2 rings (SSSR count). The molecule has 1 saturated heterocycles. The summed E-state index contributed by atoms with van der Waals surface area (Å²) in [4.78, 5) is 0. The second kappa shape index (κ2) is 9.83. The predicted octanol–water partition coefficient (Wildman–Crippen LogP) is 0.425. The van der Waals surface area contributed by atoms with Crippen LogP contribution in [0.5, 0.6) is 0 Å². The first-order valence-electron chi connectivity index (χ1n) is 9.32. The average molecular weight is 312 g/mol. The second-order valence-corrected chi connectivity index (χ2v) is 7.33. The molecule has 22 heavy (non-hydrogen) atoms. The third kappa shape index (κ3) is 6.50. The Balaban J connectivity index is 1.87. The van der Waals surface area contributed by atoms with Crippen LogP contribution in [-0.4, -0.2) is 62.9 Å². The molecule has 0 aromatic carbocycles. The number of hydrogen-bond acceptors (Lipinski definition) is 5. The molecule has 5 nitrogen and oxygen atoms in total. The van der Waals surface area contributed by atoms with Gasteiger partial charge in [0.25, 0.3) is 0 Å². The molecule has 0 amide bonds. The van der Waals surface area contributed by atoms with Crippen molar-refractivity contribution in [1.82, 2.24) is 26.6 Å². The molecule has 5 unspecified atom stereocenters. The van der Waals surface area contributed by atoms with Gasteiger partial charge in [0.05, 0.1) is 0 Å². The highest BCUT2D eigenvalue weighted by Gasteiger charge is 2.24. The van der Waals surface area contributed by atoms with Gasteiger partial charge in [0.2, 0.25) is 0 Å². The van der Waals surface area contributed by atoms with Gasteiger partial charge in [0.1, 0.15) is 0 Å². The molecular weight excluding hydrogens is 274 g/mol. The molecule has 0 spiro atoms. The summed E-state index contributed by atoms with van der Waals surface area (Å²) >= 11 is 0. The van der Waals surface area contributed by atoms with Gasteiger partial charge in [-0.1, -0.05) is 12.8 Å². The lowest BCUT2D eigenvalue weighted by Crippen LogP contribution is -2.53. The van der Waals surface area contributed by atoms with Crippen molar-refractivity contribution >= 4 is 0 Å². The Morgan fingerprint density at radius 3 is 1.64 bits per heavy atom. The first-order chi connectivity index (χ1) is 10.6.